The van der Waals surface area contributed by atoms with Crippen LogP contribution in [-0.2, 0) is 0 Å². The predicted octanol–water partition coefficient (Wildman–Crippen LogP) is 1.80. The van der Waals surface area contributed by atoms with E-state index in [4.69, 9.17) is 4.74 Å². The molecule has 1 heterocycles. The van der Waals surface area contributed by atoms with Crippen LogP contribution in [0.3, 0.4) is 0 Å². The maximum atomic E-state index is 5.37. The molecule has 1 aliphatic heterocycles. The van der Waals surface area contributed by atoms with Crippen molar-refractivity contribution in [2.75, 3.05) is 31.6 Å². The summed E-state index contributed by atoms with van der Waals surface area (Å²) < 4.78 is 5.37. The average Bonchev–Trinajstić information content (AvgIpc) is 2.31. The van der Waals surface area contributed by atoms with Crippen LogP contribution in [0.5, 0.6) is 5.75 Å². The van der Waals surface area contributed by atoms with Crippen LogP contribution in [-0.4, -0.2) is 32.8 Å². The number of nitrogens with zero attached hydrogens (tertiary/aromatic N) is 1. The number of hydrogen-bond donors (Lipinski definition) is 1. The molecular formula is C13H20N2O. The second-order valence-electron chi connectivity index (χ2n) is 4.40. The van der Waals surface area contributed by atoms with E-state index in [1.54, 1.807) is 7.11 Å². The van der Waals surface area contributed by atoms with Crippen LogP contribution in [0.15, 0.2) is 18.2 Å². The zero-order valence-corrected chi connectivity index (χ0v) is 10.3. The van der Waals surface area contributed by atoms with Crippen molar-refractivity contribution < 1.29 is 4.74 Å². The van der Waals surface area contributed by atoms with Crippen LogP contribution in [0, 0.1) is 6.92 Å². The Morgan fingerprint density at radius 2 is 2.25 bits per heavy atom. The van der Waals surface area contributed by atoms with Crippen molar-refractivity contribution in [3.05, 3.63) is 23.8 Å². The first-order chi connectivity index (χ1) is 7.72. The van der Waals surface area contributed by atoms with Crippen molar-refractivity contribution in [3.63, 3.8) is 0 Å². The lowest BCUT2D eigenvalue weighted by atomic mass is 10.1. The molecule has 3 nitrogen and oxygen atoms in total. The summed E-state index contributed by atoms with van der Waals surface area (Å²) in [7, 11) is 1.73. The van der Waals surface area contributed by atoms with Gasteiger partial charge in [0.25, 0.3) is 0 Å². The third-order valence-corrected chi connectivity index (χ3v) is 3.22. The molecule has 1 aliphatic rings. The van der Waals surface area contributed by atoms with Crippen LogP contribution in [0.2, 0.25) is 0 Å². The normalized spacial score (nSPS) is 20.9. The quantitative estimate of drug-likeness (QED) is 0.822. The number of rotatable bonds is 2. The van der Waals surface area contributed by atoms with Gasteiger partial charge in [0.05, 0.1) is 7.11 Å². The van der Waals surface area contributed by atoms with E-state index in [0.717, 1.165) is 25.4 Å². The van der Waals surface area contributed by atoms with Gasteiger partial charge in [-0.3, -0.25) is 0 Å². The van der Waals surface area contributed by atoms with Crippen molar-refractivity contribution in [1.29, 1.82) is 0 Å². The molecule has 0 aromatic heterocycles. The molecule has 0 amide bonds. The number of hydrogen-bond acceptors (Lipinski definition) is 3. The summed E-state index contributed by atoms with van der Waals surface area (Å²) >= 11 is 0. The van der Waals surface area contributed by atoms with Crippen LogP contribution in [0.25, 0.3) is 0 Å². The minimum absolute atomic E-state index is 0.543. The average molecular weight is 220 g/mol. The Kier molecular flexibility index (Phi) is 3.34. The number of aryl methyl sites for hydroxylation is 1. The molecule has 3 heteroatoms. The second kappa shape index (κ2) is 4.74. The molecule has 1 atom stereocenters. The molecule has 1 aromatic carbocycles. The summed E-state index contributed by atoms with van der Waals surface area (Å²) in [6.07, 6.45) is 0. The number of nitrogens with one attached hydrogen (secondary N) is 1. The van der Waals surface area contributed by atoms with Crippen molar-refractivity contribution in [2.45, 2.75) is 19.9 Å². The fourth-order valence-corrected chi connectivity index (χ4v) is 2.21. The van der Waals surface area contributed by atoms with E-state index < -0.39 is 0 Å². The molecule has 0 aliphatic carbocycles. The van der Waals surface area contributed by atoms with Gasteiger partial charge in [-0.25, -0.2) is 0 Å². The zero-order valence-electron chi connectivity index (χ0n) is 10.3. The lowest BCUT2D eigenvalue weighted by molar-refractivity contribution is 0.411. The number of ether oxygens (including phenoxy) is 1. The maximum Gasteiger partial charge on any atom is 0.123 e. The van der Waals surface area contributed by atoms with Crippen molar-refractivity contribution >= 4 is 5.69 Å². The molecular weight excluding hydrogens is 200 g/mol. The van der Waals surface area contributed by atoms with E-state index in [-0.39, 0.29) is 0 Å². The largest absolute Gasteiger partial charge is 0.496 e. The molecule has 1 saturated heterocycles. The van der Waals surface area contributed by atoms with E-state index >= 15 is 0 Å². The van der Waals surface area contributed by atoms with Gasteiger partial charge in [-0.2, -0.15) is 0 Å². The summed E-state index contributed by atoms with van der Waals surface area (Å²) in [4.78, 5) is 2.43. The standard InChI is InChI=1S/C13H20N2O/c1-10-4-5-12(8-13(10)16-3)15-7-6-14-9-11(15)2/h4-5,8,11,14H,6-7,9H2,1-3H3. The van der Waals surface area contributed by atoms with Gasteiger partial charge in [0.15, 0.2) is 0 Å². The highest BCUT2D eigenvalue weighted by Gasteiger charge is 2.18. The Balaban J connectivity index is 2.25. The Labute approximate surface area is 97.4 Å². The molecule has 1 aromatic rings. The van der Waals surface area contributed by atoms with Gasteiger partial charge in [0.1, 0.15) is 5.75 Å². The first kappa shape index (κ1) is 11.3. The van der Waals surface area contributed by atoms with Crippen LogP contribution < -0.4 is 15.0 Å². The molecule has 16 heavy (non-hydrogen) atoms. The summed E-state index contributed by atoms with van der Waals surface area (Å²) in [6.45, 7) is 7.49. The first-order valence-corrected chi connectivity index (χ1v) is 5.84. The van der Waals surface area contributed by atoms with Crippen LogP contribution in [0.1, 0.15) is 12.5 Å². The van der Waals surface area contributed by atoms with Crippen molar-refractivity contribution in [1.82, 2.24) is 5.32 Å². The number of anilines is 1. The lowest BCUT2D eigenvalue weighted by Crippen LogP contribution is -2.49. The van der Waals surface area contributed by atoms with E-state index in [9.17, 15) is 0 Å². The van der Waals surface area contributed by atoms with E-state index in [0.29, 0.717) is 6.04 Å². The highest BCUT2D eigenvalue weighted by atomic mass is 16.5. The monoisotopic (exact) mass is 220 g/mol. The van der Waals surface area contributed by atoms with Gasteiger partial charge in [0.2, 0.25) is 0 Å². The summed E-state index contributed by atoms with van der Waals surface area (Å²) in [5.74, 6) is 0.975. The van der Waals surface area contributed by atoms with Gasteiger partial charge < -0.3 is 15.0 Å². The highest BCUT2D eigenvalue weighted by molar-refractivity contribution is 5.54. The van der Waals surface area contributed by atoms with Gasteiger partial charge in [-0.1, -0.05) is 6.07 Å². The minimum atomic E-state index is 0.543. The molecule has 88 valence electrons. The topological polar surface area (TPSA) is 24.5 Å². The third kappa shape index (κ3) is 2.14. The fraction of sp³-hybridized carbons (Fsp3) is 0.538. The maximum absolute atomic E-state index is 5.37. The second-order valence-corrected chi connectivity index (χ2v) is 4.40. The molecule has 0 spiro atoms. The van der Waals surface area contributed by atoms with E-state index in [1.165, 1.54) is 11.3 Å². The molecule has 0 bridgehead atoms. The highest BCUT2D eigenvalue weighted by Crippen LogP contribution is 2.26. The molecule has 0 saturated carbocycles. The molecule has 0 radical (unpaired) electrons. The molecule has 2 rings (SSSR count). The van der Waals surface area contributed by atoms with Gasteiger partial charge in [-0.15, -0.1) is 0 Å². The minimum Gasteiger partial charge on any atom is -0.496 e. The summed E-state index contributed by atoms with van der Waals surface area (Å²) in [5, 5.41) is 3.40. The number of benzene rings is 1. The summed E-state index contributed by atoms with van der Waals surface area (Å²) in [5.41, 5.74) is 2.45. The fourth-order valence-electron chi connectivity index (χ4n) is 2.21. The Morgan fingerprint density at radius 1 is 1.44 bits per heavy atom. The predicted molar refractivity (Wildman–Crippen MR) is 67.4 cm³/mol. The van der Waals surface area contributed by atoms with Crippen molar-refractivity contribution in [3.8, 4) is 5.75 Å². The van der Waals surface area contributed by atoms with Gasteiger partial charge >= 0.3 is 0 Å². The Bertz CT molecular complexity index is 365. The molecule has 1 N–H and O–H groups in total. The number of piperazine rings is 1. The summed E-state index contributed by atoms with van der Waals surface area (Å²) in [6, 6.07) is 6.99. The van der Waals surface area contributed by atoms with E-state index in [2.05, 4.69) is 42.3 Å². The van der Waals surface area contributed by atoms with Gasteiger partial charge in [-0.05, 0) is 25.5 Å². The molecule has 1 fully saturated rings. The Morgan fingerprint density at radius 3 is 2.94 bits per heavy atom. The SMILES string of the molecule is COc1cc(N2CCNCC2C)ccc1C. The number of methoxy groups -OCH3 is 1. The van der Waals surface area contributed by atoms with Crippen LogP contribution >= 0.6 is 0 Å². The Hall–Kier alpha value is -1.22. The van der Waals surface area contributed by atoms with E-state index in [1.807, 2.05) is 0 Å². The van der Waals surface area contributed by atoms with Crippen molar-refractivity contribution in [2.24, 2.45) is 0 Å². The third-order valence-electron chi connectivity index (χ3n) is 3.22. The molecule has 1 unspecified atom stereocenters. The lowest BCUT2D eigenvalue weighted by Gasteiger charge is -2.36. The first-order valence-electron chi connectivity index (χ1n) is 5.84. The zero-order chi connectivity index (χ0) is 11.5. The van der Waals surface area contributed by atoms with Crippen LogP contribution in [0.4, 0.5) is 5.69 Å². The smallest absolute Gasteiger partial charge is 0.123 e. The van der Waals surface area contributed by atoms with Gasteiger partial charge in [0, 0.05) is 37.4 Å².